The lowest BCUT2D eigenvalue weighted by Gasteiger charge is -2.28. The SMILES string of the molecule is Cc1cc(NC(=O)CC(C)C2CCCNC2)n(Cc2ccccc2)n1. The number of piperidine rings is 1. The number of benzene rings is 1. The molecule has 0 bridgehead atoms. The zero-order valence-corrected chi connectivity index (χ0v) is 15.2. The van der Waals surface area contributed by atoms with Crippen molar-refractivity contribution in [2.45, 2.75) is 39.7 Å². The van der Waals surface area contributed by atoms with Crippen LogP contribution >= 0.6 is 0 Å². The van der Waals surface area contributed by atoms with Gasteiger partial charge in [0.25, 0.3) is 0 Å². The number of nitrogens with zero attached hydrogens (tertiary/aromatic N) is 2. The van der Waals surface area contributed by atoms with Gasteiger partial charge in [-0.05, 0) is 50.3 Å². The summed E-state index contributed by atoms with van der Waals surface area (Å²) in [5, 5.41) is 11.0. The van der Waals surface area contributed by atoms with Gasteiger partial charge in [0.1, 0.15) is 5.82 Å². The molecule has 25 heavy (non-hydrogen) atoms. The minimum atomic E-state index is 0.0762. The van der Waals surface area contributed by atoms with Gasteiger partial charge in [-0.15, -0.1) is 0 Å². The van der Waals surface area contributed by atoms with Gasteiger partial charge in [-0.1, -0.05) is 37.3 Å². The zero-order valence-electron chi connectivity index (χ0n) is 15.2. The average Bonchev–Trinajstić information content (AvgIpc) is 2.95. The molecule has 0 radical (unpaired) electrons. The Morgan fingerprint density at radius 3 is 2.92 bits per heavy atom. The second-order valence-corrected chi connectivity index (χ2v) is 7.15. The summed E-state index contributed by atoms with van der Waals surface area (Å²) in [5.74, 6) is 1.84. The molecule has 2 N–H and O–H groups in total. The Morgan fingerprint density at radius 2 is 2.20 bits per heavy atom. The van der Waals surface area contributed by atoms with Crippen LogP contribution in [0.2, 0.25) is 0 Å². The summed E-state index contributed by atoms with van der Waals surface area (Å²) in [6.07, 6.45) is 2.98. The highest BCUT2D eigenvalue weighted by atomic mass is 16.1. The Bertz CT molecular complexity index is 689. The first-order chi connectivity index (χ1) is 12.1. The number of anilines is 1. The molecule has 1 saturated heterocycles. The van der Waals surface area contributed by atoms with E-state index in [1.165, 1.54) is 18.4 Å². The fourth-order valence-electron chi connectivity index (χ4n) is 3.54. The summed E-state index contributed by atoms with van der Waals surface area (Å²) in [5.41, 5.74) is 2.08. The number of nitrogens with one attached hydrogen (secondary N) is 2. The van der Waals surface area contributed by atoms with Crippen LogP contribution in [-0.4, -0.2) is 28.8 Å². The van der Waals surface area contributed by atoms with Crippen molar-refractivity contribution in [2.75, 3.05) is 18.4 Å². The molecule has 1 aromatic heterocycles. The van der Waals surface area contributed by atoms with Crippen molar-refractivity contribution in [3.63, 3.8) is 0 Å². The summed E-state index contributed by atoms with van der Waals surface area (Å²) >= 11 is 0. The molecule has 3 rings (SSSR count). The number of aryl methyl sites for hydroxylation is 1. The molecule has 0 spiro atoms. The molecule has 2 unspecified atom stereocenters. The van der Waals surface area contributed by atoms with Gasteiger partial charge in [0.15, 0.2) is 0 Å². The maximum absolute atomic E-state index is 12.5. The molecule has 1 fully saturated rings. The number of carbonyl (C=O) groups excluding carboxylic acids is 1. The van der Waals surface area contributed by atoms with Crippen LogP contribution in [0.3, 0.4) is 0 Å². The van der Waals surface area contributed by atoms with Crippen LogP contribution in [0.1, 0.15) is 37.4 Å². The highest BCUT2D eigenvalue weighted by Gasteiger charge is 2.22. The predicted octanol–water partition coefficient (Wildman–Crippen LogP) is 3.20. The van der Waals surface area contributed by atoms with E-state index in [0.717, 1.165) is 24.6 Å². The molecule has 1 amide bonds. The molecule has 2 heterocycles. The van der Waals surface area contributed by atoms with Crippen molar-refractivity contribution < 1.29 is 4.79 Å². The van der Waals surface area contributed by atoms with Crippen LogP contribution in [0.4, 0.5) is 5.82 Å². The van der Waals surface area contributed by atoms with Crippen molar-refractivity contribution in [3.05, 3.63) is 47.7 Å². The Hall–Kier alpha value is -2.14. The van der Waals surface area contributed by atoms with Crippen molar-refractivity contribution in [1.29, 1.82) is 0 Å². The van der Waals surface area contributed by atoms with Gasteiger partial charge in [0.2, 0.25) is 5.91 Å². The Morgan fingerprint density at radius 1 is 1.40 bits per heavy atom. The van der Waals surface area contributed by atoms with Gasteiger partial charge >= 0.3 is 0 Å². The molecular formula is C20H28N4O. The highest BCUT2D eigenvalue weighted by Crippen LogP contribution is 2.23. The maximum Gasteiger partial charge on any atom is 0.225 e. The number of carbonyl (C=O) groups is 1. The lowest BCUT2D eigenvalue weighted by Crippen LogP contribution is -2.34. The number of amides is 1. The Labute approximate surface area is 149 Å². The molecule has 1 aromatic carbocycles. The first-order valence-electron chi connectivity index (χ1n) is 9.21. The predicted molar refractivity (Wildman–Crippen MR) is 101 cm³/mol. The Kier molecular flexibility index (Phi) is 5.87. The van der Waals surface area contributed by atoms with Crippen molar-refractivity contribution in [1.82, 2.24) is 15.1 Å². The van der Waals surface area contributed by atoms with E-state index < -0.39 is 0 Å². The summed E-state index contributed by atoms with van der Waals surface area (Å²) < 4.78 is 1.87. The van der Waals surface area contributed by atoms with Crippen molar-refractivity contribution >= 4 is 11.7 Å². The van der Waals surface area contributed by atoms with Gasteiger partial charge in [0.05, 0.1) is 12.2 Å². The average molecular weight is 340 g/mol. The third-order valence-corrected chi connectivity index (χ3v) is 4.99. The van der Waals surface area contributed by atoms with E-state index in [0.29, 0.717) is 24.8 Å². The second-order valence-electron chi connectivity index (χ2n) is 7.15. The largest absolute Gasteiger partial charge is 0.316 e. The lowest BCUT2D eigenvalue weighted by atomic mass is 9.85. The highest BCUT2D eigenvalue weighted by molar-refractivity contribution is 5.90. The minimum Gasteiger partial charge on any atom is -0.316 e. The molecule has 5 heteroatoms. The zero-order chi connectivity index (χ0) is 17.6. The molecule has 5 nitrogen and oxygen atoms in total. The molecular weight excluding hydrogens is 312 g/mol. The first-order valence-corrected chi connectivity index (χ1v) is 9.21. The summed E-state index contributed by atoms with van der Waals surface area (Å²) in [6.45, 7) is 6.93. The quantitative estimate of drug-likeness (QED) is 0.849. The number of hydrogen-bond donors (Lipinski definition) is 2. The van der Waals surface area contributed by atoms with Gasteiger partial charge in [-0.3, -0.25) is 4.79 Å². The maximum atomic E-state index is 12.5. The van der Waals surface area contributed by atoms with Crippen LogP contribution in [0, 0.1) is 18.8 Å². The van der Waals surface area contributed by atoms with E-state index in [2.05, 4.69) is 34.8 Å². The topological polar surface area (TPSA) is 59.0 Å². The summed E-state index contributed by atoms with van der Waals surface area (Å²) in [7, 11) is 0. The van der Waals surface area contributed by atoms with Gasteiger partial charge < -0.3 is 10.6 Å². The molecule has 0 aliphatic carbocycles. The number of rotatable bonds is 6. The standard InChI is InChI=1S/C20H28N4O/c1-15(18-9-6-10-21-13-18)11-20(25)22-19-12-16(2)23-24(19)14-17-7-4-3-5-8-17/h3-5,7-8,12,15,18,21H,6,9-11,13-14H2,1-2H3,(H,22,25). The van der Waals surface area contributed by atoms with Crippen LogP contribution in [-0.2, 0) is 11.3 Å². The minimum absolute atomic E-state index is 0.0762. The third-order valence-electron chi connectivity index (χ3n) is 4.99. The van der Waals surface area contributed by atoms with E-state index in [-0.39, 0.29) is 5.91 Å². The van der Waals surface area contributed by atoms with Crippen LogP contribution in [0.15, 0.2) is 36.4 Å². The normalized spacial score (nSPS) is 18.7. The number of hydrogen-bond acceptors (Lipinski definition) is 3. The van der Waals surface area contributed by atoms with Crippen LogP contribution < -0.4 is 10.6 Å². The van der Waals surface area contributed by atoms with Gasteiger partial charge in [0, 0.05) is 12.5 Å². The third kappa shape index (κ3) is 4.92. The van der Waals surface area contributed by atoms with E-state index in [1.807, 2.05) is 35.9 Å². The van der Waals surface area contributed by atoms with Crippen molar-refractivity contribution in [3.8, 4) is 0 Å². The lowest BCUT2D eigenvalue weighted by molar-refractivity contribution is -0.117. The molecule has 1 aliphatic rings. The van der Waals surface area contributed by atoms with Crippen LogP contribution in [0.25, 0.3) is 0 Å². The fraction of sp³-hybridized carbons (Fsp3) is 0.500. The van der Waals surface area contributed by atoms with Crippen LogP contribution in [0.5, 0.6) is 0 Å². The van der Waals surface area contributed by atoms with Gasteiger partial charge in [-0.25, -0.2) is 4.68 Å². The van der Waals surface area contributed by atoms with E-state index >= 15 is 0 Å². The smallest absolute Gasteiger partial charge is 0.225 e. The van der Waals surface area contributed by atoms with E-state index in [1.54, 1.807) is 0 Å². The summed E-state index contributed by atoms with van der Waals surface area (Å²) in [4.78, 5) is 12.5. The molecule has 0 saturated carbocycles. The molecule has 2 aromatic rings. The van der Waals surface area contributed by atoms with Crippen molar-refractivity contribution in [2.24, 2.45) is 11.8 Å². The van der Waals surface area contributed by atoms with Gasteiger partial charge in [-0.2, -0.15) is 5.10 Å². The summed E-state index contributed by atoms with van der Waals surface area (Å²) in [6, 6.07) is 12.1. The monoisotopic (exact) mass is 340 g/mol. The van der Waals surface area contributed by atoms with E-state index in [9.17, 15) is 4.79 Å². The van der Waals surface area contributed by atoms with E-state index in [4.69, 9.17) is 0 Å². The first kappa shape index (κ1) is 17.7. The molecule has 134 valence electrons. The molecule has 1 aliphatic heterocycles. The fourth-order valence-corrected chi connectivity index (χ4v) is 3.54. The molecule has 2 atom stereocenters. The Balaban J connectivity index is 1.61. The second kappa shape index (κ2) is 8.30. The number of aromatic nitrogens is 2.